The minimum atomic E-state index is -0.559. The molecule has 84 valence electrons. The number of nitrogens with zero attached hydrogens (tertiary/aromatic N) is 3. The van der Waals surface area contributed by atoms with Crippen molar-refractivity contribution in [2.24, 2.45) is 0 Å². The van der Waals surface area contributed by atoms with E-state index in [1.807, 2.05) is 11.4 Å². The Balaban J connectivity index is 2.33. The van der Waals surface area contributed by atoms with E-state index in [0.717, 1.165) is 9.24 Å². The van der Waals surface area contributed by atoms with Crippen molar-refractivity contribution >= 4 is 28.8 Å². The van der Waals surface area contributed by atoms with Crippen LogP contribution in [0.3, 0.4) is 0 Å². The fraction of sp³-hybridized carbons (Fsp3) is 0. The number of nitriles is 1. The largest absolute Gasteiger partial charge is 0.287 e. The summed E-state index contributed by atoms with van der Waals surface area (Å²) >= 11 is 2.85. The van der Waals surface area contributed by atoms with E-state index in [4.69, 9.17) is 5.26 Å². The van der Waals surface area contributed by atoms with Gasteiger partial charge in [0.05, 0.1) is 4.92 Å². The first-order chi connectivity index (χ1) is 8.20. The molecule has 0 unspecified atom stereocenters. The maximum Gasteiger partial charge on any atom is 0.287 e. The molecule has 0 radical (unpaired) electrons. The van der Waals surface area contributed by atoms with E-state index in [-0.39, 0.29) is 11.3 Å². The second-order valence-electron chi connectivity index (χ2n) is 2.95. The number of nitro groups is 1. The highest BCUT2D eigenvalue weighted by Gasteiger charge is 2.14. The molecule has 7 heteroatoms. The highest BCUT2D eigenvalue weighted by Crippen LogP contribution is 2.31. The van der Waals surface area contributed by atoms with Crippen LogP contribution in [-0.4, -0.2) is 9.91 Å². The molecule has 0 fully saturated rings. The maximum absolute atomic E-state index is 10.6. The van der Waals surface area contributed by atoms with Gasteiger partial charge in [-0.15, -0.1) is 11.3 Å². The van der Waals surface area contributed by atoms with Gasteiger partial charge in [0.15, 0.2) is 4.34 Å². The molecule has 1 aromatic carbocycles. The molecule has 17 heavy (non-hydrogen) atoms. The Morgan fingerprint density at radius 2 is 2.35 bits per heavy atom. The minimum Gasteiger partial charge on any atom is -0.258 e. The summed E-state index contributed by atoms with van der Waals surface area (Å²) in [5, 5.41) is 21.3. The fourth-order valence-electron chi connectivity index (χ4n) is 1.19. The average molecular weight is 263 g/mol. The van der Waals surface area contributed by atoms with Crippen LogP contribution >= 0.6 is 23.1 Å². The van der Waals surface area contributed by atoms with Crippen molar-refractivity contribution in [2.45, 2.75) is 9.24 Å². The second kappa shape index (κ2) is 4.95. The van der Waals surface area contributed by atoms with Gasteiger partial charge in [-0.25, -0.2) is 4.98 Å². The number of aromatic nitrogens is 1. The summed E-state index contributed by atoms with van der Waals surface area (Å²) < 4.78 is 0.836. The molecule has 5 nitrogen and oxygen atoms in total. The fourth-order valence-corrected chi connectivity index (χ4v) is 2.82. The van der Waals surface area contributed by atoms with E-state index in [1.54, 1.807) is 12.3 Å². The lowest BCUT2D eigenvalue weighted by molar-refractivity contribution is -0.385. The van der Waals surface area contributed by atoms with E-state index >= 15 is 0 Å². The van der Waals surface area contributed by atoms with Crippen molar-refractivity contribution in [1.82, 2.24) is 4.98 Å². The average Bonchev–Trinajstić information content (AvgIpc) is 2.81. The molecule has 0 saturated heterocycles. The first-order valence-corrected chi connectivity index (χ1v) is 6.16. The van der Waals surface area contributed by atoms with Gasteiger partial charge >= 0.3 is 0 Å². The van der Waals surface area contributed by atoms with E-state index < -0.39 is 4.92 Å². The van der Waals surface area contributed by atoms with E-state index in [0.29, 0.717) is 0 Å². The predicted molar refractivity (Wildman–Crippen MR) is 64.0 cm³/mol. The number of thiazole rings is 1. The van der Waals surface area contributed by atoms with Crippen molar-refractivity contribution in [2.75, 3.05) is 0 Å². The van der Waals surface area contributed by atoms with Crippen LogP contribution in [0.2, 0.25) is 0 Å². The summed E-state index contributed by atoms with van der Waals surface area (Å²) in [7, 11) is 0. The number of rotatable bonds is 3. The summed E-state index contributed by atoms with van der Waals surface area (Å²) in [6.45, 7) is 0. The molecule has 0 bridgehead atoms. The topological polar surface area (TPSA) is 79.8 Å². The monoisotopic (exact) mass is 263 g/mol. The Morgan fingerprint density at radius 1 is 1.53 bits per heavy atom. The molecular formula is C10H5N3O2S2. The Kier molecular flexibility index (Phi) is 3.37. The molecule has 0 aliphatic heterocycles. The molecule has 0 spiro atoms. The quantitative estimate of drug-likeness (QED) is 0.628. The molecule has 2 rings (SSSR count). The van der Waals surface area contributed by atoms with Gasteiger partial charge in [0, 0.05) is 22.5 Å². The molecule has 1 aromatic heterocycles. The van der Waals surface area contributed by atoms with Gasteiger partial charge in [-0.2, -0.15) is 5.26 Å². The Morgan fingerprint density at radius 3 is 2.94 bits per heavy atom. The number of benzene rings is 1. The van der Waals surface area contributed by atoms with Gasteiger partial charge < -0.3 is 0 Å². The summed E-state index contributed by atoms with van der Waals surface area (Å²) in [5.41, 5.74) is -0.104. The molecule has 0 amide bonds. The summed E-state index contributed by atoms with van der Waals surface area (Å²) in [4.78, 5) is 14.9. The van der Waals surface area contributed by atoms with Crippen molar-refractivity contribution in [3.63, 3.8) is 0 Å². The van der Waals surface area contributed by atoms with Gasteiger partial charge in [-0.1, -0.05) is 11.8 Å². The first kappa shape index (κ1) is 11.6. The van der Waals surface area contributed by atoms with Crippen LogP contribution < -0.4 is 0 Å². The number of nitro benzene ring substituents is 1. The SMILES string of the molecule is N#Cc1cc(Sc2nccs2)ccc1[N+](=O)[O-]. The molecule has 2 aromatic rings. The van der Waals surface area contributed by atoms with Crippen LogP contribution in [0.25, 0.3) is 0 Å². The van der Waals surface area contributed by atoms with Gasteiger partial charge in [0.25, 0.3) is 5.69 Å². The van der Waals surface area contributed by atoms with Gasteiger partial charge in [-0.3, -0.25) is 10.1 Å². The summed E-state index contributed by atoms with van der Waals surface area (Å²) in [5.74, 6) is 0. The standard InChI is InChI=1S/C10H5N3O2S2/c11-6-7-5-8(1-2-9(7)13(14)15)17-10-12-3-4-16-10/h1-5H. The first-order valence-electron chi connectivity index (χ1n) is 4.46. The molecule has 0 atom stereocenters. The van der Waals surface area contributed by atoms with E-state index in [2.05, 4.69) is 4.98 Å². The van der Waals surface area contributed by atoms with Crippen molar-refractivity contribution in [3.05, 3.63) is 45.5 Å². The predicted octanol–water partition coefficient (Wildman–Crippen LogP) is 3.07. The normalized spacial score (nSPS) is 9.82. The molecule has 0 aliphatic carbocycles. The second-order valence-corrected chi connectivity index (χ2v) is 5.16. The van der Waals surface area contributed by atoms with Gasteiger partial charge in [0.2, 0.25) is 0 Å². The lowest BCUT2D eigenvalue weighted by atomic mass is 10.2. The third-order valence-corrected chi connectivity index (χ3v) is 3.77. The molecule has 0 aliphatic rings. The van der Waals surface area contributed by atoms with Crippen LogP contribution in [0.4, 0.5) is 5.69 Å². The minimum absolute atomic E-state index is 0.0663. The van der Waals surface area contributed by atoms with Crippen molar-refractivity contribution in [3.8, 4) is 6.07 Å². The highest BCUT2D eigenvalue weighted by atomic mass is 32.2. The van der Waals surface area contributed by atoms with Crippen LogP contribution in [0.5, 0.6) is 0 Å². The molecule has 0 N–H and O–H groups in total. The van der Waals surface area contributed by atoms with Crippen molar-refractivity contribution < 1.29 is 4.92 Å². The maximum atomic E-state index is 10.6. The molecule has 1 heterocycles. The van der Waals surface area contributed by atoms with Crippen LogP contribution in [0.15, 0.2) is 39.0 Å². The zero-order valence-corrected chi connectivity index (χ0v) is 9.99. The number of hydrogen-bond donors (Lipinski definition) is 0. The third-order valence-electron chi connectivity index (χ3n) is 1.90. The third kappa shape index (κ3) is 2.61. The lowest BCUT2D eigenvalue weighted by Crippen LogP contribution is -1.92. The van der Waals surface area contributed by atoms with E-state index in [1.165, 1.54) is 35.2 Å². The summed E-state index contributed by atoms with van der Waals surface area (Å²) in [6, 6.07) is 6.29. The zero-order valence-electron chi connectivity index (χ0n) is 8.36. The zero-order chi connectivity index (χ0) is 12.3. The van der Waals surface area contributed by atoms with Crippen LogP contribution in [-0.2, 0) is 0 Å². The van der Waals surface area contributed by atoms with Crippen LogP contribution in [0, 0.1) is 21.4 Å². The molecule has 0 saturated carbocycles. The van der Waals surface area contributed by atoms with E-state index in [9.17, 15) is 10.1 Å². The Labute approximate surface area is 105 Å². The van der Waals surface area contributed by atoms with Gasteiger partial charge in [-0.05, 0) is 12.1 Å². The highest BCUT2D eigenvalue weighted by molar-refractivity contribution is 8.01. The Bertz CT molecular complexity index is 590. The summed E-state index contributed by atoms with van der Waals surface area (Å²) in [6.07, 6.45) is 1.68. The molecular weight excluding hydrogens is 258 g/mol. The number of hydrogen-bond acceptors (Lipinski definition) is 6. The van der Waals surface area contributed by atoms with Gasteiger partial charge in [0.1, 0.15) is 11.6 Å². The smallest absolute Gasteiger partial charge is 0.258 e. The lowest BCUT2D eigenvalue weighted by Gasteiger charge is -1.99. The van der Waals surface area contributed by atoms with Crippen LogP contribution in [0.1, 0.15) is 5.56 Å². The van der Waals surface area contributed by atoms with Crippen molar-refractivity contribution in [1.29, 1.82) is 5.26 Å². The Hall–Kier alpha value is -1.91.